The van der Waals surface area contributed by atoms with Gasteiger partial charge in [-0.1, -0.05) is 11.3 Å². The smallest absolute Gasteiger partial charge is 0.321 e. The number of ether oxygens (including phenoxy) is 1. The molecule has 24 heavy (non-hydrogen) atoms. The molecule has 0 spiro atoms. The Bertz CT molecular complexity index is 783. The van der Waals surface area contributed by atoms with Crippen LogP contribution in [-0.4, -0.2) is 38.8 Å². The van der Waals surface area contributed by atoms with Gasteiger partial charge in [0.1, 0.15) is 5.01 Å². The van der Waals surface area contributed by atoms with Crippen LogP contribution in [0.5, 0.6) is 0 Å². The molecular formula is C14H18N6O2S2. The van der Waals surface area contributed by atoms with Gasteiger partial charge in [0.05, 0.1) is 18.3 Å². The Balaban J connectivity index is 1.52. The summed E-state index contributed by atoms with van der Waals surface area (Å²) < 4.78 is 7.21. The minimum absolute atomic E-state index is 0.206. The lowest BCUT2D eigenvalue weighted by atomic mass is 10.2. The van der Waals surface area contributed by atoms with Gasteiger partial charge in [-0.05, 0) is 13.8 Å². The molecule has 3 heterocycles. The van der Waals surface area contributed by atoms with Gasteiger partial charge in [0.25, 0.3) is 0 Å². The van der Waals surface area contributed by atoms with Gasteiger partial charge < -0.3 is 10.1 Å². The van der Waals surface area contributed by atoms with E-state index in [2.05, 4.69) is 25.8 Å². The van der Waals surface area contributed by atoms with E-state index < -0.39 is 0 Å². The Kier molecular flexibility index (Phi) is 5.38. The lowest BCUT2D eigenvalue weighted by Gasteiger charge is -2.10. The monoisotopic (exact) mass is 366 g/mol. The molecule has 0 saturated carbocycles. The van der Waals surface area contributed by atoms with Crippen molar-refractivity contribution >= 4 is 38.8 Å². The van der Waals surface area contributed by atoms with E-state index in [-0.39, 0.29) is 12.1 Å². The molecule has 0 aliphatic heterocycles. The quantitative estimate of drug-likeness (QED) is 0.627. The van der Waals surface area contributed by atoms with Crippen LogP contribution in [0.3, 0.4) is 0 Å². The lowest BCUT2D eigenvalue weighted by Crippen LogP contribution is -2.31. The first kappa shape index (κ1) is 16.8. The number of fused-ring (bicyclic) bond motifs is 1. The van der Waals surface area contributed by atoms with Gasteiger partial charge >= 0.3 is 6.03 Å². The van der Waals surface area contributed by atoms with E-state index in [0.29, 0.717) is 24.8 Å². The van der Waals surface area contributed by atoms with Crippen LogP contribution in [-0.2, 0) is 11.2 Å². The number of hydrogen-bond acceptors (Lipinski definition) is 7. The fourth-order valence-corrected chi connectivity index (χ4v) is 3.49. The Morgan fingerprint density at radius 1 is 1.46 bits per heavy atom. The van der Waals surface area contributed by atoms with Crippen LogP contribution in [0.4, 0.5) is 9.93 Å². The molecule has 0 bridgehead atoms. The summed E-state index contributed by atoms with van der Waals surface area (Å²) in [6.07, 6.45) is 4.54. The van der Waals surface area contributed by atoms with Crippen LogP contribution in [0, 0.1) is 0 Å². The number of aromatic nitrogens is 4. The molecule has 3 aromatic heterocycles. The van der Waals surface area contributed by atoms with Crippen LogP contribution in [0.2, 0.25) is 0 Å². The molecule has 1 unspecified atom stereocenters. The highest BCUT2D eigenvalue weighted by Gasteiger charge is 2.15. The highest BCUT2D eigenvalue weighted by Crippen LogP contribution is 2.18. The molecular weight excluding hydrogens is 348 g/mol. The minimum Gasteiger partial charge on any atom is -0.381 e. The van der Waals surface area contributed by atoms with Crippen LogP contribution in [0.25, 0.3) is 4.96 Å². The second kappa shape index (κ2) is 7.69. The molecule has 2 N–H and O–H groups in total. The first-order valence-electron chi connectivity index (χ1n) is 7.55. The predicted molar refractivity (Wildman–Crippen MR) is 93.7 cm³/mol. The van der Waals surface area contributed by atoms with E-state index in [4.69, 9.17) is 4.74 Å². The van der Waals surface area contributed by atoms with Crippen LogP contribution in [0.15, 0.2) is 17.8 Å². The first-order valence-corrected chi connectivity index (χ1v) is 9.25. The summed E-state index contributed by atoms with van der Waals surface area (Å²) in [4.78, 5) is 17.5. The number of imidazole rings is 1. The summed E-state index contributed by atoms with van der Waals surface area (Å²) in [6.45, 7) is 5.11. The maximum atomic E-state index is 12.1. The minimum atomic E-state index is -0.327. The molecule has 3 rings (SSSR count). The van der Waals surface area contributed by atoms with Crippen molar-refractivity contribution in [1.29, 1.82) is 0 Å². The third-order valence-electron chi connectivity index (χ3n) is 3.25. The van der Waals surface area contributed by atoms with Gasteiger partial charge in [0, 0.05) is 30.8 Å². The highest BCUT2D eigenvalue weighted by atomic mass is 32.1. The topological polar surface area (TPSA) is 93.4 Å². The maximum absolute atomic E-state index is 12.1. The third kappa shape index (κ3) is 4.08. The fourth-order valence-electron chi connectivity index (χ4n) is 2.07. The number of anilines is 1. The van der Waals surface area contributed by atoms with Gasteiger partial charge in [-0.3, -0.25) is 9.72 Å². The molecule has 8 nitrogen and oxygen atoms in total. The largest absolute Gasteiger partial charge is 0.381 e. The summed E-state index contributed by atoms with van der Waals surface area (Å²) in [7, 11) is 0. The zero-order valence-corrected chi connectivity index (χ0v) is 15.0. The molecule has 0 fully saturated rings. The zero-order chi connectivity index (χ0) is 16.9. The zero-order valence-electron chi connectivity index (χ0n) is 13.4. The van der Waals surface area contributed by atoms with Crippen molar-refractivity contribution < 1.29 is 9.53 Å². The summed E-state index contributed by atoms with van der Waals surface area (Å²) in [5, 5.41) is 16.8. The molecule has 0 aromatic carbocycles. The van der Waals surface area contributed by atoms with Gasteiger partial charge in [-0.2, -0.15) is 0 Å². The summed E-state index contributed by atoms with van der Waals surface area (Å²) in [5.41, 5.74) is 0.812. The molecule has 10 heteroatoms. The SMILES string of the molecule is CCOCCc1nnc(NC(=O)NC(C)c2cn3ccsc3n2)s1. The fraction of sp³-hybridized carbons (Fsp3) is 0.429. The van der Waals surface area contributed by atoms with Crippen molar-refractivity contribution in [2.75, 3.05) is 18.5 Å². The van der Waals surface area contributed by atoms with Gasteiger partial charge in [0.2, 0.25) is 5.13 Å². The summed E-state index contributed by atoms with van der Waals surface area (Å²) in [6, 6.07) is -0.534. The number of hydrogen-bond donors (Lipinski definition) is 2. The Morgan fingerprint density at radius 2 is 2.33 bits per heavy atom. The standard InChI is InChI=1S/C14H18N6O2S2/c1-3-22-6-4-11-18-19-13(24-11)17-12(21)15-9(2)10-8-20-5-7-23-14(20)16-10/h5,7-9H,3-4,6H2,1-2H3,(H2,15,17,19,21). The molecule has 0 radical (unpaired) electrons. The number of carbonyl (C=O) groups is 1. The molecule has 128 valence electrons. The highest BCUT2D eigenvalue weighted by molar-refractivity contribution is 7.15. The van der Waals surface area contributed by atoms with E-state index in [1.165, 1.54) is 11.3 Å². The van der Waals surface area contributed by atoms with Gasteiger partial charge in [-0.15, -0.1) is 21.5 Å². The number of nitrogens with one attached hydrogen (secondary N) is 2. The van der Waals surface area contributed by atoms with Crippen LogP contribution in [0.1, 0.15) is 30.6 Å². The third-order valence-corrected chi connectivity index (χ3v) is 4.92. The van der Waals surface area contributed by atoms with E-state index in [0.717, 1.165) is 15.7 Å². The molecule has 2 amide bonds. The summed E-state index contributed by atoms with van der Waals surface area (Å²) in [5.74, 6) is 0. The average Bonchev–Trinajstić information content (AvgIpc) is 3.22. The van der Waals surface area contributed by atoms with Crippen molar-refractivity contribution in [3.8, 4) is 0 Å². The maximum Gasteiger partial charge on any atom is 0.321 e. The Labute approximate surface area is 146 Å². The van der Waals surface area contributed by atoms with Crippen molar-refractivity contribution in [2.45, 2.75) is 26.3 Å². The van der Waals surface area contributed by atoms with E-state index in [9.17, 15) is 4.79 Å². The number of thiazole rings is 1. The Morgan fingerprint density at radius 3 is 3.12 bits per heavy atom. The Hall–Kier alpha value is -2.04. The van der Waals surface area contributed by atoms with Crippen molar-refractivity contribution in [1.82, 2.24) is 24.9 Å². The second-order valence-corrected chi connectivity index (χ2v) is 6.96. The number of amides is 2. The molecule has 3 aromatic rings. The molecule has 0 aliphatic carbocycles. The average molecular weight is 366 g/mol. The number of carbonyl (C=O) groups excluding carboxylic acids is 1. The number of nitrogens with zero attached hydrogens (tertiary/aromatic N) is 4. The van der Waals surface area contributed by atoms with E-state index >= 15 is 0 Å². The first-order chi connectivity index (χ1) is 11.7. The van der Waals surface area contributed by atoms with Crippen LogP contribution >= 0.6 is 22.7 Å². The van der Waals surface area contributed by atoms with Gasteiger partial charge in [0.15, 0.2) is 4.96 Å². The van der Waals surface area contributed by atoms with Crippen molar-refractivity contribution in [3.05, 3.63) is 28.5 Å². The van der Waals surface area contributed by atoms with Crippen LogP contribution < -0.4 is 10.6 Å². The summed E-state index contributed by atoms with van der Waals surface area (Å²) >= 11 is 2.90. The lowest BCUT2D eigenvalue weighted by molar-refractivity contribution is 0.150. The predicted octanol–water partition coefficient (Wildman–Crippen LogP) is 2.71. The number of urea groups is 1. The number of rotatable bonds is 7. The van der Waals surface area contributed by atoms with Gasteiger partial charge in [-0.25, -0.2) is 9.78 Å². The van der Waals surface area contributed by atoms with Crippen molar-refractivity contribution in [2.24, 2.45) is 0 Å². The normalized spacial score (nSPS) is 12.4. The van der Waals surface area contributed by atoms with E-state index in [1.54, 1.807) is 11.3 Å². The molecule has 0 aliphatic rings. The second-order valence-electron chi connectivity index (χ2n) is 5.03. The van der Waals surface area contributed by atoms with E-state index in [1.807, 2.05) is 36.0 Å². The molecule has 1 atom stereocenters. The molecule has 0 saturated heterocycles. The van der Waals surface area contributed by atoms with Crippen molar-refractivity contribution in [3.63, 3.8) is 0 Å².